The fourth-order valence-electron chi connectivity index (χ4n) is 2.06. The van der Waals surface area contributed by atoms with Gasteiger partial charge in [-0.05, 0) is 57.8 Å². The lowest BCUT2D eigenvalue weighted by Crippen LogP contribution is -2.19. The van der Waals surface area contributed by atoms with Gasteiger partial charge >= 0.3 is 0 Å². The molecule has 0 bridgehead atoms. The van der Waals surface area contributed by atoms with Crippen molar-refractivity contribution in [1.82, 2.24) is 4.90 Å². The largest absolute Gasteiger partial charge is 0.295 e. The van der Waals surface area contributed by atoms with Crippen LogP contribution in [0.4, 0.5) is 0 Å². The van der Waals surface area contributed by atoms with Crippen LogP contribution < -0.4 is 0 Å². The third-order valence-corrected chi connectivity index (χ3v) is 3.10. The van der Waals surface area contributed by atoms with Crippen LogP contribution in [0.3, 0.4) is 0 Å². The molecule has 0 amide bonds. The van der Waals surface area contributed by atoms with Gasteiger partial charge in [-0.2, -0.15) is 0 Å². The van der Waals surface area contributed by atoms with Gasteiger partial charge < -0.3 is 0 Å². The van der Waals surface area contributed by atoms with Crippen LogP contribution in [0, 0.1) is 26.2 Å². The smallest absolute Gasteiger partial charge is 0.0596 e. The summed E-state index contributed by atoms with van der Waals surface area (Å²) in [6.45, 7) is 6.19. The van der Waals surface area contributed by atoms with Crippen molar-refractivity contribution in [3.63, 3.8) is 0 Å². The summed E-state index contributed by atoms with van der Waals surface area (Å²) < 4.78 is 0. The van der Waals surface area contributed by atoms with Gasteiger partial charge in [0.1, 0.15) is 0 Å². The van der Waals surface area contributed by atoms with Crippen molar-refractivity contribution in [2.75, 3.05) is 20.1 Å². The molecule has 1 nitrogen and oxygen atoms in total. The lowest BCUT2D eigenvalue weighted by atomic mass is 10.0. The average molecular weight is 229 g/mol. The number of hydrogen-bond donors (Lipinski definition) is 0. The van der Waals surface area contributed by atoms with E-state index in [2.05, 4.69) is 49.9 Å². The Bertz CT molecular complexity index is 387. The Hall–Kier alpha value is -1.26. The second-order valence-corrected chi connectivity index (χ2v) is 4.83. The molecule has 0 N–H and O–H groups in total. The normalized spacial score (nSPS) is 10.5. The van der Waals surface area contributed by atoms with Gasteiger partial charge in [-0.15, -0.1) is 6.42 Å². The summed E-state index contributed by atoms with van der Waals surface area (Å²) in [4.78, 5) is 2.20. The van der Waals surface area contributed by atoms with E-state index in [9.17, 15) is 0 Å². The zero-order chi connectivity index (χ0) is 12.7. The summed E-state index contributed by atoms with van der Waals surface area (Å²) in [5.41, 5.74) is 4.25. The number of hydrogen-bond acceptors (Lipinski definition) is 1. The molecule has 0 unspecified atom stereocenters. The molecule has 0 fully saturated rings. The zero-order valence-corrected chi connectivity index (χ0v) is 11.3. The predicted octanol–water partition coefficient (Wildman–Crippen LogP) is 3.19. The van der Waals surface area contributed by atoms with Crippen molar-refractivity contribution >= 4 is 0 Å². The fourth-order valence-corrected chi connectivity index (χ4v) is 2.06. The van der Waals surface area contributed by atoms with Gasteiger partial charge in [0, 0.05) is 0 Å². The summed E-state index contributed by atoms with van der Waals surface area (Å²) in [7, 11) is 2.08. The predicted molar refractivity (Wildman–Crippen MR) is 75.2 cm³/mol. The number of terminal acetylenes is 1. The number of unbranched alkanes of at least 4 members (excludes halogenated alkanes) is 1. The van der Waals surface area contributed by atoms with Gasteiger partial charge in [-0.25, -0.2) is 0 Å². The lowest BCUT2D eigenvalue weighted by molar-refractivity contribution is 0.364. The van der Waals surface area contributed by atoms with Crippen LogP contribution in [0.15, 0.2) is 18.2 Å². The van der Waals surface area contributed by atoms with E-state index in [-0.39, 0.29) is 0 Å². The Morgan fingerprint density at radius 3 is 2.65 bits per heavy atom. The molecule has 0 saturated carbocycles. The molecular weight excluding hydrogens is 206 g/mol. The maximum atomic E-state index is 5.27. The number of rotatable bonds is 6. The van der Waals surface area contributed by atoms with E-state index in [0.717, 1.165) is 13.1 Å². The second kappa shape index (κ2) is 7.14. The fraction of sp³-hybridized carbons (Fsp3) is 0.500. The first-order valence-corrected chi connectivity index (χ1v) is 6.31. The van der Waals surface area contributed by atoms with Gasteiger partial charge in [0.05, 0.1) is 6.54 Å². The van der Waals surface area contributed by atoms with Gasteiger partial charge in [-0.1, -0.05) is 29.7 Å². The van der Waals surface area contributed by atoms with Crippen LogP contribution >= 0.6 is 0 Å². The van der Waals surface area contributed by atoms with Crippen molar-refractivity contribution in [2.45, 2.75) is 33.1 Å². The molecule has 0 atom stereocenters. The molecule has 0 aromatic heterocycles. The van der Waals surface area contributed by atoms with E-state index in [1.807, 2.05) is 0 Å². The van der Waals surface area contributed by atoms with Crippen molar-refractivity contribution in [3.8, 4) is 12.3 Å². The van der Waals surface area contributed by atoms with Gasteiger partial charge in [0.2, 0.25) is 0 Å². The summed E-state index contributed by atoms with van der Waals surface area (Å²) in [6, 6.07) is 6.72. The minimum Gasteiger partial charge on any atom is -0.295 e. The standard InChI is InChI=1S/C16H23N/c1-5-11-17(4)12-7-6-8-16-10-9-14(2)13-15(16)3/h1,9-10,13H,6-8,11-12H2,2-4H3. The monoisotopic (exact) mass is 229 g/mol. The first-order chi connectivity index (χ1) is 8.13. The molecule has 0 aliphatic carbocycles. The summed E-state index contributed by atoms with van der Waals surface area (Å²) in [6.07, 6.45) is 8.89. The molecule has 1 aromatic carbocycles. The quantitative estimate of drug-likeness (QED) is 0.535. The Balaban J connectivity index is 2.29. The lowest BCUT2D eigenvalue weighted by Gasteiger charge is -2.13. The molecule has 1 heteroatoms. The molecular formula is C16H23N. The van der Waals surface area contributed by atoms with Crippen LogP contribution in [0.2, 0.25) is 0 Å². The summed E-state index contributed by atoms with van der Waals surface area (Å²) in [5, 5.41) is 0. The molecule has 0 saturated heterocycles. The van der Waals surface area contributed by atoms with Crippen LogP contribution in [-0.4, -0.2) is 25.0 Å². The van der Waals surface area contributed by atoms with E-state index in [4.69, 9.17) is 6.42 Å². The first-order valence-electron chi connectivity index (χ1n) is 6.31. The van der Waals surface area contributed by atoms with Crippen molar-refractivity contribution in [1.29, 1.82) is 0 Å². The third kappa shape index (κ3) is 5.06. The molecule has 0 aliphatic rings. The maximum absolute atomic E-state index is 5.27. The summed E-state index contributed by atoms with van der Waals surface area (Å²) >= 11 is 0. The molecule has 1 rings (SSSR count). The van der Waals surface area contributed by atoms with Gasteiger partial charge in [-0.3, -0.25) is 4.90 Å². The van der Waals surface area contributed by atoms with E-state index in [1.54, 1.807) is 0 Å². The van der Waals surface area contributed by atoms with Crippen LogP contribution in [0.5, 0.6) is 0 Å². The van der Waals surface area contributed by atoms with Crippen LogP contribution in [0.1, 0.15) is 29.5 Å². The van der Waals surface area contributed by atoms with Crippen molar-refractivity contribution < 1.29 is 0 Å². The van der Waals surface area contributed by atoms with Gasteiger partial charge in [0.15, 0.2) is 0 Å². The Kier molecular flexibility index (Phi) is 5.80. The summed E-state index contributed by atoms with van der Waals surface area (Å²) in [5.74, 6) is 2.67. The van der Waals surface area contributed by atoms with E-state index >= 15 is 0 Å². The Labute approximate surface area is 106 Å². The topological polar surface area (TPSA) is 3.24 Å². The molecule has 17 heavy (non-hydrogen) atoms. The minimum absolute atomic E-state index is 0.754. The highest BCUT2D eigenvalue weighted by atomic mass is 15.1. The maximum Gasteiger partial charge on any atom is 0.0596 e. The molecule has 0 spiro atoms. The third-order valence-electron chi connectivity index (χ3n) is 3.10. The SMILES string of the molecule is C#CCN(C)CCCCc1ccc(C)cc1C. The highest BCUT2D eigenvalue weighted by Gasteiger charge is 2.00. The van der Waals surface area contributed by atoms with Crippen LogP contribution in [0.25, 0.3) is 0 Å². The molecule has 92 valence electrons. The van der Waals surface area contributed by atoms with E-state index in [0.29, 0.717) is 0 Å². The first kappa shape index (κ1) is 13.8. The number of benzene rings is 1. The molecule has 0 heterocycles. The average Bonchev–Trinajstić information content (AvgIpc) is 2.27. The Morgan fingerprint density at radius 1 is 1.24 bits per heavy atom. The van der Waals surface area contributed by atoms with Gasteiger partial charge in [0.25, 0.3) is 0 Å². The minimum atomic E-state index is 0.754. The Morgan fingerprint density at radius 2 is 2.00 bits per heavy atom. The van der Waals surface area contributed by atoms with Crippen molar-refractivity contribution in [2.24, 2.45) is 0 Å². The molecule has 1 aromatic rings. The highest BCUT2D eigenvalue weighted by molar-refractivity contribution is 5.30. The number of nitrogens with zero attached hydrogens (tertiary/aromatic N) is 1. The number of aryl methyl sites for hydroxylation is 3. The van der Waals surface area contributed by atoms with E-state index < -0.39 is 0 Å². The van der Waals surface area contributed by atoms with E-state index in [1.165, 1.54) is 36.0 Å². The van der Waals surface area contributed by atoms with Crippen molar-refractivity contribution in [3.05, 3.63) is 34.9 Å². The molecule has 0 aliphatic heterocycles. The highest BCUT2D eigenvalue weighted by Crippen LogP contribution is 2.13. The van der Waals surface area contributed by atoms with Crippen LogP contribution in [-0.2, 0) is 6.42 Å². The second-order valence-electron chi connectivity index (χ2n) is 4.83. The zero-order valence-electron chi connectivity index (χ0n) is 11.3. The molecule has 0 radical (unpaired) electrons.